The number of carbonyl (C=O) groups is 1. The summed E-state index contributed by atoms with van der Waals surface area (Å²) in [5.41, 5.74) is 5.30. The number of aryl methyl sites for hydroxylation is 1. The van der Waals surface area contributed by atoms with Gasteiger partial charge in [-0.1, -0.05) is 0 Å². The fourth-order valence-electron chi connectivity index (χ4n) is 1.16. The molecule has 0 fully saturated rings. The van der Waals surface area contributed by atoms with Crippen molar-refractivity contribution in [3.63, 3.8) is 0 Å². The van der Waals surface area contributed by atoms with Gasteiger partial charge in [0.05, 0.1) is 0 Å². The molecule has 0 aromatic carbocycles. The number of carbonyl (C=O) groups excluding carboxylic acids is 1. The van der Waals surface area contributed by atoms with E-state index < -0.39 is 0 Å². The topological polar surface area (TPSA) is 85.8 Å². The molecule has 3 N–H and O–H groups in total. The Bertz CT molecular complexity index is 309. The molecule has 1 aromatic heterocycles. The van der Waals surface area contributed by atoms with Crippen molar-refractivity contribution in [2.45, 2.75) is 19.3 Å². The summed E-state index contributed by atoms with van der Waals surface area (Å²) in [5.74, 6) is 0.785. The predicted octanol–water partition coefficient (Wildman–Crippen LogP) is -0.787. The summed E-state index contributed by atoms with van der Waals surface area (Å²) < 4.78 is 1.64. The molecule has 0 radical (unpaired) electrons. The summed E-state index contributed by atoms with van der Waals surface area (Å²) in [7, 11) is 1.82. The molecule has 0 aliphatic heterocycles. The fraction of sp³-hybridized carbons (Fsp3) is 0.667. The maximum Gasteiger partial charge on any atom is 0.220 e. The Balaban J connectivity index is 2.13. The molecule has 1 heterocycles. The summed E-state index contributed by atoms with van der Waals surface area (Å²) in [6.07, 6.45) is 3.53. The Labute approximate surface area is 88.9 Å². The van der Waals surface area contributed by atoms with Crippen molar-refractivity contribution in [2.75, 3.05) is 13.1 Å². The SMILES string of the molecule is Cn1cnc(CCNC(=O)CCCN)n1. The van der Waals surface area contributed by atoms with Gasteiger partial charge in [-0.2, -0.15) is 5.10 Å². The van der Waals surface area contributed by atoms with E-state index in [4.69, 9.17) is 5.73 Å². The molecule has 1 aromatic rings. The zero-order chi connectivity index (χ0) is 11.1. The molecule has 1 rings (SSSR count). The minimum absolute atomic E-state index is 0.0383. The third kappa shape index (κ3) is 4.55. The number of nitrogens with zero attached hydrogens (tertiary/aromatic N) is 3. The van der Waals surface area contributed by atoms with E-state index in [9.17, 15) is 4.79 Å². The third-order valence-corrected chi connectivity index (χ3v) is 1.93. The second-order valence-electron chi connectivity index (χ2n) is 3.33. The van der Waals surface area contributed by atoms with Gasteiger partial charge in [-0.15, -0.1) is 0 Å². The summed E-state index contributed by atoms with van der Waals surface area (Å²) in [4.78, 5) is 15.2. The van der Waals surface area contributed by atoms with Gasteiger partial charge in [0.25, 0.3) is 0 Å². The van der Waals surface area contributed by atoms with Gasteiger partial charge < -0.3 is 11.1 Å². The van der Waals surface area contributed by atoms with Crippen LogP contribution in [0.1, 0.15) is 18.7 Å². The minimum Gasteiger partial charge on any atom is -0.356 e. The van der Waals surface area contributed by atoms with Crippen molar-refractivity contribution in [1.29, 1.82) is 0 Å². The largest absolute Gasteiger partial charge is 0.356 e. The molecule has 6 nitrogen and oxygen atoms in total. The summed E-state index contributed by atoms with van der Waals surface area (Å²) >= 11 is 0. The molecular formula is C9H17N5O. The van der Waals surface area contributed by atoms with E-state index in [1.165, 1.54) is 0 Å². The Kier molecular flexibility index (Phi) is 4.76. The monoisotopic (exact) mass is 211 g/mol. The number of aromatic nitrogens is 3. The third-order valence-electron chi connectivity index (χ3n) is 1.93. The molecule has 0 aliphatic carbocycles. The average Bonchev–Trinajstić information content (AvgIpc) is 2.61. The molecule has 0 saturated heterocycles. The minimum atomic E-state index is 0.0383. The van der Waals surface area contributed by atoms with Crippen molar-refractivity contribution < 1.29 is 4.79 Å². The van der Waals surface area contributed by atoms with Crippen molar-refractivity contribution in [1.82, 2.24) is 20.1 Å². The molecule has 0 atom stereocenters. The summed E-state index contributed by atoms with van der Waals surface area (Å²) in [6, 6.07) is 0. The molecule has 0 unspecified atom stereocenters. The Hall–Kier alpha value is -1.43. The van der Waals surface area contributed by atoms with E-state index in [2.05, 4.69) is 15.4 Å². The predicted molar refractivity (Wildman–Crippen MR) is 56.0 cm³/mol. The molecular weight excluding hydrogens is 194 g/mol. The van der Waals surface area contributed by atoms with Crippen LogP contribution in [0.25, 0.3) is 0 Å². The highest BCUT2D eigenvalue weighted by molar-refractivity contribution is 5.75. The van der Waals surface area contributed by atoms with Crippen molar-refractivity contribution in [2.24, 2.45) is 12.8 Å². The standard InChI is InChI=1S/C9H17N5O/c1-14-7-12-8(13-14)4-6-11-9(15)3-2-5-10/h7H,2-6,10H2,1H3,(H,11,15). The van der Waals surface area contributed by atoms with Crippen LogP contribution in [-0.2, 0) is 18.3 Å². The average molecular weight is 211 g/mol. The van der Waals surface area contributed by atoms with E-state index in [0.717, 1.165) is 12.2 Å². The molecule has 15 heavy (non-hydrogen) atoms. The fourth-order valence-corrected chi connectivity index (χ4v) is 1.16. The maximum absolute atomic E-state index is 11.2. The summed E-state index contributed by atoms with van der Waals surface area (Å²) in [5, 5.41) is 6.90. The highest BCUT2D eigenvalue weighted by Crippen LogP contribution is 1.89. The molecule has 0 saturated carbocycles. The van der Waals surface area contributed by atoms with Gasteiger partial charge in [0.2, 0.25) is 5.91 Å². The van der Waals surface area contributed by atoms with Crippen LogP contribution in [0.15, 0.2) is 6.33 Å². The first-order valence-electron chi connectivity index (χ1n) is 5.03. The number of hydrogen-bond donors (Lipinski definition) is 2. The van der Waals surface area contributed by atoms with Crippen LogP contribution in [0.5, 0.6) is 0 Å². The van der Waals surface area contributed by atoms with Gasteiger partial charge in [0, 0.05) is 26.4 Å². The van der Waals surface area contributed by atoms with Gasteiger partial charge in [-0.3, -0.25) is 9.48 Å². The molecule has 0 spiro atoms. The quantitative estimate of drug-likeness (QED) is 0.646. The highest BCUT2D eigenvalue weighted by atomic mass is 16.1. The smallest absolute Gasteiger partial charge is 0.220 e. The van der Waals surface area contributed by atoms with E-state index >= 15 is 0 Å². The van der Waals surface area contributed by atoms with Gasteiger partial charge in [-0.25, -0.2) is 4.98 Å². The first-order valence-corrected chi connectivity index (χ1v) is 5.03. The van der Waals surface area contributed by atoms with Gasteiger partial charge >= 0.3 is 0 Å². The van der Waals surface area contributed by atoms with E-state index in [0.29, 0.717) is 25.9 Å². The molecule has 1 amide bonds. The molecule has 0 bridgehead atoms. The first kappa shape index (κ1) is 11.6. The highest BCUT2D eigenvalue weighted by Gasteiger charge is 2.01. The normalized spacial score (nSPS) is 10.3. The maximum atomic E-state index is 11.2. The lowest BCUT2D eigenvalue weighted by atomic mass is 10.3. The van der Waals surface area contributed by atoms with Crippen molar-refractivity contribution in [3.8, 4) is 0 Å². The van der Waals surface area contributed by atoms with Crippen LogP contribution < -0.4 is 11.1 Å². The van der Waals surface area contributed by atoms with Crippen LogP contribution in [0.4, 0.5) is 0 Å². The zero-order valence-corrected chi connectivity index (χ0v) is 8.94. The number of nitrogens with two attached hydrogens (primary N) is 1. The molecule has 0 aliphatic rings. The van der Waals surface area contributed by atoms with Gasteiger partial charge in [-0.05, 0) is 13.0 Å². The number of nitrogens with one attached hydrogen (secondary N) is 1. The van der Waals surface area contributed by atoms with Crippen LogP contribution in [0.3, 0.4) is 0 Å². The van der Waals surface area contributed by atoms with Crippen molar-refractivity contribution >= 4 is 5.91 Å². The van der Waals surface area contributed by atoms with Crippen molar-refractivity contribution in [3.05, 3.63) is 12.2 Å². The van der Waals surface area contributed by atoms with Crippen LogP contribution in [0.2, 0.25) is 0 Å². The number of hydrogen-bond acceptors (Lipinski definition) is 4. The van der Waals surface area contributed by atoms with E-state index in [1.54, 1.807) is 11.0 Å². The second-order valence-corrected chi connectivity index (χ2v) is 3.33. The zero-order valence-electron chi connectivity index (χ0n) is 8.94. The first-order chi connectivity index (χ1) is 7.22. The lowest BCUT2D eigenvalue weighted by Crippen LogP contribution is -2.26. The molecule has 6 heteroatoms. The van der Waals surface area contributed by atoms with Crippen LogP contribution in [-0.4, -0.2) is 33.8 Å². The van der Waals surface area contributed by atoms with Crippen LogP contribution in [0, 0.1) is 0 Å². The van der Waals surface area contributed by atoms with E-state index in [-0.39, 0.29) is 5.91 Å². The van der Waals surface area contributed by atoms with E-state index in [1.807, 2.05) is 7.05 Å². The second kappa shape index (κ2) is 6.13. The summed E-state index contributed by atoms with van der Waals surface area (Å²) in [6.45, 7) is 1.13. The Morgan fingerprint density at radius 1 is 1.67 bits per heavy atom. The van der Waals surface area contributed by atoms with Gasteiger partial charge in [0.15, 0.2) is 5.82 Å². The Morgan fingerprint density at radius 3 is 3.07 bits per heavy atom. The Morgan fingerprint density at radius 2 is 2.47 bits per heavy atom. The number of amides is 1. The van der Waals surface area contributed by atoms with Crippen LogP contribution >= 0.6 is 0 Å². The lowest BCUT2D eigenvalue weighted by molar-refractivity contribution is -0.121. The van der Waals surface area contributed by atoms with Gasteiger partial charge in [0.1, 0.15) is 6.33 Å². The lowest BCUT2D eigenvalue weighted by Gasteiger charge is -2.02. The molecule has 84 valence electrons. The number of rotatable bonds is 6.